The minimum atomic E-state index is -1.78. The van der Waals surface area contributed by atoms with Crippen molar-refractivity contribution in [3.63, 3.8) is 0 Å². The van der Waals surface area contributed by atoms with Gasteiger partial charge in [0.2, 0.25) is 5.79 Å². The van der Waals surface area contributed by atoms with Crippen LogP contribution in [0, 0.1) is 11.3 Å². The monoisotopic (exact) mass is 376 g/mol. The van der Waals surface area contributed by atoms with Gasteiger partial charge in [0.1, 0.15) is 6.10 Å². The highest BCUT2D eigenvalue weighted by Gasteiger charge is 2.61. The fourth-order valence-electron chi connectivity index (χ4n) is 4.48. The third-order valence-corrected chi connectivity index (χ3v) is 6.65. The summed E-state index contributed by atoms with van der Waals surface area (Å²) in [7, 11) is 0. The molecule has 0 amide bonds. The number of ether oxygens (including phenoxy) is 2. The molecule has 0 saturated heterocycles. The van der Waals surface area contributed by atoms with Crippen molar-refractivity contribution < 1.29 is 29.3 Å². The molecule has 1 saturated carbocycles. The zero-order valence-corrected chi connectivity index (χ0v) is 16.5. The first-order chi connectivity index (χ1) is 12.5. The molecule has 6 heteroatoms. The Morgan fingerprint density at radius 1 is 1.48 bits per heavy atom. The lowest BCUT2D eigenvalue weighted by atomic mass is 9.56. The number of aliphatic hydroxyl groups is 2. The van der Waals surface area contributed by atoms with Gasteiger partial charge >= 0.3 is 11.9 Å². The van der Waals surface area contributed by atoms with E-state index < -0.39 is 29.4 Å². The average molecular weight is 376 g/mol. The molecule has 2 N–H and O–H groups in total. The highest BCUT2D eigenvalue weighted by molar-refractivity contribution is 5.92. The molecular formula is C21H28O6. The molecule has 1 aliphatic heterocycles. The topological polar surface area (TPSA) is 93.1 Å². The molecule has 1 heterocycles. The Balaban J connectivity index is 1.93. The van der Waals surface area contributed by atoms with Crippen molar-refractivity contribution in [3.05, 3.63) is 34.4 Å². The minimum Gasteiger partial charge on any atom is -0.459 e. The zero-order valence-electron chi connectivity index (χ0n) is 16.5. The summed E-state index contributed by atoms with van der Waals surface area (Å²) in [6, 6.07) is 0. The van der Waals surface area contributed by atoms with Crippen LogP contribution < -0.4 is 0 Å². The standard InChI is InChI=1S/C21H28O6/c1-6-11(2)9-16(22)26-15-8-7-14-10-21(25)17(12(3)19(24)27-21)18(23)20(14,5)13(15)4/h7,9,13,15,18,23,25H,6,8,10H2,1-5H3. The molecule has 0 aromatic carbocycles. The van der Waals surface area contributed by atoms with Gasteiger partial charge in [-0.15, -0.1) is 0 Å². The van der Waals surface area contributed by atoms with E-state index >= 15 is 0 Å². The van der Waals surface area contributed by atoms with Crippen LogP contribution >= 0.6 is 0 Å². The van der Waals surface area contributed by atoms with E-state index in [2.05, 4.69) is 0 Å². The van der Waals surface area contributed by atoms with Crippen molar-refractivity contribution in [2.24, 2.45) is 11.3 Å². The summed E-state index contributed by atoms with van der Waals surface area (Å²) >= 11 is 0. The number of allylic oxidation sites excluding steroid dienone is 1. The molecule has 5 atom stereocenters. The Morgan fingerprint density at radius 2 is 2.15 bits per heavy atom. The molecule has 0 radical (unpaired) electrons. The number of esters is 2. The maximum Gasteiger partial charge on any atom is 0.336 e. The lowest BCUT2D eigenvalue weighted by Crippen LogP contribution is -2.56. The van der Waals surface area contributed by atoms with Crippen LogP contribution in [0.15, 0.2) is 34.4 Å². The summed E-state index contributed by atoms with van der Waals surface area (Å²) in [6.07, 6.45) is 3.29. The van der Waals surface area contributed by atoms with Gasteiger partial charge in [0.15, 0.2) is 0 Å². The summed E-state index contributed by atoms with van der Waals surface area (Å²) < 4.78 is 10.8. The summed E-state index contributed by atoms with van der Waals surface area (Å²) in [4.78, 5) is 24.2. The van der Waals surface area contributed by atoms with Crippen molar-refractivity contribution in [1.82, 2.24) is 0 Å². The van der Waals surface area contributed by atoms with Gasteiger partial charge in [0.05, 0.1) is 6.10 Å². The van der Waals surface area contributed by atoms with Gasteiger partial charge in [-0.25, -0.2) is 9.59 Å². The second-order valence-electron chi connectivity index (χ2n) is 8.15. The average Bonchev–Trinajstić information content (AvgIpc) is 2.82. The van der Waals surface area contributed by atoms with Gasteiger partial charge in [-0.3, -0.25) is 0 Å². The number of fused-ring (bicyclic) bond motifs is 2. The third-order valence-electron chi connectivity index (χ3n) is 6.65. The molecule has 148 valence electrons. The van der Waals surface area contributed by atoms with E-state index in [1.807, 2.05) is 33.8 Å². The first-order valence-electron chi connectivity index (χ1n) is 9.47. The molecule has 3 aliphatic rings. The second-order valence-corrected chi connectivity index (χ2v) is 8.15. The molecule has 0 bridgehead atoms. The van der Waals surface area contributed by atoms with Crippen LogP contribution in [0.4, 0.5) is 0 Å². The smallest absolute Gasteiger partial charge is 0.336 e. The molecule has 0 aromatic rings. The largest absolute Gasteiger partial charge is 0.459 e. The van der Waals surface area contributed by atoms with Crippen LogP contribution in [0.5, 0.6) is 0 Å². The quantitative estimate of drug-likeness (QED) is 0.447. The van der Waals surface area contributed by atoms with E-state index in [0.29, 0.717) is 6.42 Å². The summed E-state index contributed by atoms with van der Waals surface area (Å²) in [5.74, 6) is -2.98. The van der Waals surface area contributed by atoms with E-state index in [9.17, 15) is 19.8 Å². The third kappa shape index (κ3) is 2.95. The fraction of sp³-hybridized carbons (Fsp3) is 0.619. The molecule has 3 rings (SSSR count). The molecule has 6 nitrogen and oxygen atoms in total. The fourth-order valence-corrected chi connectivity index (χ4v) is 4.48. The van der Waals surface area contributed by atoms with Gasteiger partial charge in [-0.1, -0.05) is 38.0 Å². The Kier molecular flexibility index (Phi) is 4.85. The Bertz CT molecular complexity index is 776. The summed E-state index contributed by atoms with van der Waals surface area (Å²) in [5, 5.41) is 22.0. The van der Waals surface area contributed by atoms with E-state index in [1.165, 1.54) is 6.08 Å². The number of rotatable bonds is 3. The van der Waals surface area contributed by atoms with Crippen LogP contribution in [0.2, 0.25) is 0 Å². The zero-order chi connectivity index (χ0) is 20.1. The minimum absolute atomic E-state index is 0.124. The van der Waals surface area contributed by atoms with Gasteiger partial charge in [0, 0.05) is 41.4 Å². The first kappa shape index (κ1) is 19.8. The molecule has 5 unspecified atom stereocenters. The SMILES string of the molecule is CCC(C)=CC(=O)OC1CC=C2CC3(O)OC(=O)C(C)=C3C(O)C2(C)C1C. The van der Waals surface area contributed by atoms with Crippen LogP contribution in [-0.4, -0.2) is 40.1 Å². The number of carbonyl (C=O) groups excluding carboxylic acids is 2. The van der Waals surface area contributed by atoms with Crippen LogP contribution in [0.1, 0.15) is 53.9 Å². The van der Waals surface area contributed by atoms with Gasteiger partial charge < -0.3 is 19.7 Å². The lowest BCUT2D eigenvalue weighted by molar-refractivity contribution is -0.197. The van der Waals surface area contributed by atoms with Crippen LogP contribution in [0.25, 0.3) is 0 Å². The van der Waals surface area contributed by atoms with Gasteiger partial charge in [-0.2, -0.15) is 0 Å². The van der Waals surface area contributed by atoms with E-state index in [1.54, 1.807) is 6.92 Å². The highest BCUT2D eigenvalue weighted by Crippen LogP contribution is 2.57. The van der Waals surface area contributed by atoms with Crippen molar-refractivity contribution >= 4 is 11.9 Å². The molecule has 1 fully saturated rings. The Hall–Kier alpha value is -1.92. The van der Waals surface area contributed by atoms with Crippen LogP contribution in [0.3, 0.4) is 0 Å². The maximum absolute atomic E-state index is 12.2. The molecule has 0 aromatic heterocycles. The van der Waals surface area contributed by atoms with E-state index in [-0.39, 0.29) is 29.5 Å². The lowest BCUT2D eigenvalue weighted by Gasteiger charge is -2.53. The van der Waals surface area contributed by atoms with Gasteiger partial charge in [-0.05, 0) is 20.3 Å². The predicted octanol–water partition coefficient (Wildman–Crippen LogP) is 2.55. The van der Waals surface area contributed by atoms with Crippen molar-refractivity contribution in [2.75, 3.05) is 0 Å². The number of aliphatic hydroxyl groups excluding tert-OH is 1. The Morgan fingerprint density at radius 3 is 2.78 bits per heavy atom. The van der Waals surface area contributed by atoms with E-state index in [0.717, 1.165) is 17.6 Å². The second kappa shape index (κ2) is 6.60. The van der Waals surface area contributed by atoms with Crippen molar-refractivity contribution in [2.45, 2.75) is 71.9 Å². The van der Waals surface area contributed by atoms with E-state index in [4.69, 9.17) is 9.47 Å². The normalized spacial score (nSPS) is 38.8. The highest BCUT2D eigenvalue weighted by atomic mass is 16.7. The molecule has 0 spiro atoms. The first-order valence-corrected chi connectivity index (χ1v) is 9.47. The van der Waals surface area contributed by atoms with Gasteiger partial charge in [0.25, 0.3) is 0 Å². The predicted molar refractivity (Wildman–Crippen MR) is 98.3 cm³/mol. The number of carbonyl (C=O) groups is 2. The molecule has 2 aliphatic carbocycles. The van der Waals surface area contributed by atoms with Crippen molar-refractivity contribution in [1.29, 1.82) is 0 Å². The van der Waals surface area contributed by atoms with Crippen molar-refractivity contribution in [3.8, 4) is 0 Å². The van der Waals surface area contributed by atoms with Crippen LogP contribution in [-0.2, 0) is 19.1 Å². The number of hydrogen-bond acceptors (Lipinski definition) is 6. The summed E-state index contributed by atoms with van der Waals surface area (Å²) in [5.41, 5.74) is 1.48. The Labute approximate surface area is 159 Å². The maximum atomic E-state index is 12.2. The number of hydrogen-bond donors (Lipinski definition) is 2. The molecular weight excluding hydrogens is 348 g/mol. The molecule has 27 heavy (non-hydrogen) atoms. The summed E-state index contributed by atoms with van der Waals surface area (Å²) in [6.45, 7) is 9.23.